The number of esters is 1. The van der Waals surface area contributed by atoms with Crippen LogP contribution in [-0.2, 0) is 12.5 Å². The summed E-state index contributed by atoms with van der Waals surface area (Å²) in [6.07, 6.45) is 0. The Labute approximate surface area is 96.9 Å². The van der Waals surface area contributed by atoms with Gasteiger partial charge >= 0.3 is 96.9 Å². The van der Waals surface area contributed by atoms with E-state index in [-0.39, 0.29) is 10.1 Å². The van der Waals surface area contributed by atoms with Crippen LogP contribution in [0.2, 0.25) is 0 Å². The Morgan fingerprint density at radius 1 is 1.31 bits per heavy atom. The Hall–Kier alpha value is -0.972. The molecule has 88 valence electrons. The molecule has 0 aliphatic heterocycles. The number of carbonyl (C=O) groups is 1. The maximum atomic E-state index is 10.9. The molecule has 0 aliphatic rings. The van der Waals surface area contributed by atoms with Crippen LogP contribution in [0, 0.1) is 0 Å². The topological polar surface area (TPSA) is 93.1 Å². The van der Waals surface area contributed by atoms with E-state index in [1.807, 2.05) is 0 Å². The summed E-state index contributed by atoms with van der Waals surface area (Å²) in [5, 5.41) is 0. The Morgan fingerprint density at radius 3 is 2.31 bits per heavy atom. The van der Waals surface area contributed by atoms with Gasteiger partial charge in [-0.2, -0.15) is 0 Å². The predicted molar refractivity (Wildman–Crippen MR) is 54.5 cm³/mol. The molecule has 7 heteroatoms. The molecule has 0 saturated heterocycles. The Bertz CT molecular complexity index is 407. The normalized spacial score (nSPS) is 10.9. The number of methoxy groups -OCH3 is 1. The fraction of sp³-hybridized carbons (Fsp3) is 0.222. The third-order valence-corrected chi connectivity index (χ3v) is 4.53. The van der Waals surface area contributed by atoms with Gasteiger partial charge in [0, 0.05) is 0 Å². The first-order chi connectivity index (χ1) is 7.43. The summed E-state index contributed by atoms with van der Waals surface area (Å²) in [7, 11) is 1.24. The first-order valence-corrected chi connectivity index (χ1v) is 8.89. The fourth-order valence-corrected chi connectivity index (χ4v) is 2.47. The molecule has 1 aromatic carbocycles. The average molecular weight is 337 g/mol. The van der Waals surface area contributed by atoms with Crippen LogP contribution in [0.4, 0.5) is 0 Å². The number of hydrogen-bond acceptors (Lipinski definition) is 4. The second-order valence-corrected chi connectivity index (χ2v) is 7.48. The molecule has 0 radical (unpaired) electrons. The zero-order valence-electron chi connectivity index (χ0n) is 8.49. The summed E-state index contributed by atoms with van der Waals surface area (Å²) in [6, 6.07) is 5.36. The number of carbonyl (C=O) groups excluding carboxylic acids is 1. The van der Waals surface area contributed by atoms with E-state index in [0.717, 1.165) is 0 Å². The molecule has 0 aliphatic carbocycles. The number of benzene rings is 1. The summed E-state index contributed by atoms with van der Waals surface area (Å²) in [6.45, 7) is -0.237. The van der Waals surface area contributed by atoms with Crippen molar-refractivity contribution in [1.29, 1.82) is 0 Å². The summed E-state index contributed by atoms with van der Waals surface area (Å²) in [5.74, 6) is -0.173. The van der Waals surface area contributed by atoms with Crippen molar-refractivity contribution < 1.29 is 24.1 Å². The van der Waals surface area contributed by atoms with Crippen LogP contribution in [0.15, 0.2) is 24.3 Å². The van der Waals surface area contributed by atoms with E-state index in [9.17, 15) is 7.81 Å². The minimum atomic E-state index is -5.11. The van der Waals surface area contributed by atoms with E-state index in [0.29, 0.717) is 5.75 Å². The summed E-state index contributed by atoms with van der Waals surface area (Å²) >= 11 is -5.11. The minimum absolute atomic E-state index is 0.0103. The van der Waals surface area contributed by atoms with Crippen LogP contribution in [0.1, 0.15) is 0 Å². The Kier molecular flexibility index (Phi) is 4.41. The molecule has 1 aromatic rings. The summed E-state index contributed by atoms with van der Waals surface area (Å²) < 4.78 is 38.1. The molecule has 2 N–H and O–H groups in total. The van der Waals surface area contributed by atoms with Crippen molar-refractivity contribution in [2.75, 3.05) is 13.7 Å². The van der Waals surface area contributed by atoms with Crippen molar-refractivity contribution in [2.45, 2.75) is 0 Å². The quantitative estimate of drug-likeness (QED) is 0.530. The third-order valence-electron chi connectivity index (χ3n) is 1.76. The van der Waals surface area contributed by atoms with Crippen LogP contribution < -0.4 is 8.25 Å². The van der Waals surface area contributed by atoms with Gasteiger partial charge in [0.25, 0.3) is 0 Å². The molecule has 0 bridgehead atoms. The zero-order valence-corrected chi connectivity index (χ0v) is 11.0. The van der Waals surface area contributed by atoms with E-state index in [1.54, 1.807) is 0 Å². The van der Waals surface area contributed by atoms with Crippen molar-refractivity contribution in [2.24, 2.45) is 0 Å². The first-order valence-electron chi connectivity index (χ1n) is 4.29. The van der Waals surface area contributed by atoms with Gasteiger partial charge in [0.05, 0.1) is 0 Å². The molecule has 0 amide bonds. The number of ether oxygens (including phenoxy) is 2. The molecule has 0 unspecified atom stereocenters. The second-order valence-electron chi connectivity index (χ2n) is 2.90. The van der Waals surface area contributed by atoms with E-state index >= 15 is 0 Å². The predicted octanol–water partition coefficient (Wildman–Crippen LogP) is -1.20. The molecule has 0 heterocycles. The molecule has 0 spiro atoms. The van der Waals surface area contributed by atoms with Crippen molar-refractivity contribution >= 4 is 29.1 Å². The number of hydrogen-bond donors (Lipinski definition) is 2. The summed E-state index contributed by atoms with van der Waals surface area (Å²) in [5.41, 5.74) is 0. The van der Waals surface area contributed by atoms with Crippen LogP contribution in [0.5, 0.6) is 5.75 Å². The molecule has 1 rings (SSSR count). The van der Waals surface area contributed by atoms with Crippen molar-refractivity contribution in [3.05, 3.63) is 24.3 Å². The van der Waals surface area contributed by atoms with Gasteiger partial charge in [0.15, 0.2) is 0 Å². The van der Waals surface area contributed by atoms with Crippen molar-refractivity contribution in [3.8, 4) is 5.75 Å². The van der Waals surface area contributed by atoms with Crippen LogP contribution in [0.25, 0.3) is 0 Å². The van der Waals surface area contributed by atoms with Crippen LogP contribution in [-0.4, -0.2) is 46.1 Å². The maximum absolute atomic E-state index is 10.9. The van der Waals surface area contributed by atoms with Gasteiger partial charge in [0.1, 0.15) is 0 Å². The Balaban J connectivity index is 2.65. The Morgan fingerprint density at radius 2 is 1.88 bits per heavy atom. The van der Waals surface area contributed by atoms with Crippen LogP contribution in [0.3, 0.4) is 0 Å². The fourth-order valence-electron chi connectivity index (χ4n) is 0.938. The van der Waals surface area contributed by atoms with Gasteiger partial charge in [-0.05, 0) is 0 Å². The van der Waals surface area contributed by atoms with E-state index in [2.05, 4.69) is 4.74 Å². The van der Waals surface area contributed by atoms with E-state index in [1.165, 1.54) is 31.4 Å². The molecule has 0 atom stereocenters. The van der Waals surface area contributed by atoms with Crippen molar-refractivity contribution in [1.82, 2.24) is 0 Å². The molecule has 0 saturated carbocycles. The van der Waals surface area contributed by atoms with Gasteiger partial charge in [-0.1, -0.05) is 0 Å². The van der Waals surface area contributed by atoms with Gasteiger partial charge in [-0.3, -0.25) is 0 Å². The summed E-state index contributed by atoms with van der Waals surface area (Å²) in [4.78, 5) is 10.7. The molecule has 0 aromatic heterocycles. The van der Waals surface area contributed by atoms with Crippen LogP contribution >= 0.6 is 0 Å². The second kappa shape index (κ2) is 5.38. The standard InChI is InChI=1S/C9H9O3.2H2O.O.Sb/c1-11-9(10)7-12-8-5-3-2-4-6-8;;;;/h3-6H,7H2,1H3;2*1H2;;/q;;;;+2/p-2. The van der Waals surface area contributed by atoms with Crippen molar-refractivity contribution in [3.63, 3.8) is 0 Å². The molecular formula is C9H11O6Sb. The van der Waals surface area contributed by atoms with Gasteiger partial charge in [-0.15, -0.1) is 0 Å². The van der Waals surface area contributed by atoms with E-state index in [4.69, 9.17) is 11.5 Å². The molecular weight excluding hydrogens is 326 g/mol. The SMILES string of the molecule is COC(=O)COc1cc[c]([Sb](=[O])([OH])[OH])cc1. The average Bonchev–Trinajstić information content (AvgIpc) is 2.25. The molecule has 16 heavy (non-hydrogen) atoms. The van der Waals surface area contributed by atoms with Gasteiger partial charge in [0.2, 0.25) is 0 Å². The third kappa shape index (κ3) is 3.88. The van der Waals surface area contributed by atoms with Gasteiger partial charge in [-0.25, -0.2) is 0 Å². The first kappa shape index (κ1) is 13.1. The molecule has 0 fully saturated rings. The number of rotatable bonds is 4. The monoisotopic (exact) mass is 336 g/mol. The van der Waals surface area contributed by atoms with E-state index < -0.39 is 25.6 Å². The zero-order chi connectivity index (χ0) is 12.2. The molecule has 6 nitrogen and oxygen atoms in total. The van der Waals surface area contributed by atoms with Gasteiger partial charge < -0.3 is 0 Å².